The molecular weight excluding hydrogens is 777 g/mol. The van der Waals surface area contributed by atoms with Gasteiger partial charge in [-0.3, -0.25) is 10.6 Å². The predicted molar refractivity (Wildman–Crippen MR) is 268 cm³/mol. The van der Waals surface area contributed by atoms with E-state index in [9.17, 15) is 5.26 Å². The Labute approximate surface area is 372 Å². The van der Waals surface area contributed by atoms with E-state index in [1.807, 2.05) is 42.5 Å². The van der Waals surface area contributed by atoms with Crippen LogP contribution < -0.4 is 16.4 Å². The fraction of sp³-hybridized carbons (Fsp3) is 0.0500. The first kappa shape index (κ1) is 39.0. The summed E-state index contributed by atoms with van der Waals surface area (Å²) < 4.78 is 0. The normalized spacial score (nSPS) is 12.5. The van der Waals surface area contributed by atoms with Crippen LogP contribution in [0.4, 0.5) is 0 Å². The van der Waals surface area contributed by atoms with Gasteiger partial charge in [-0.15, -0.1) is 0 Å². The van der Waals surface area contributed by atoms with E-state index in [0.29, 0.717) is 12.1 Å². The Hall–Kier alpha value is -7.91. The Balaban J connectivity index is 1.04. The van der Waals surface area contributed by atoms with Crippen molar-refractivity contribution >= 4 is 53.9 Å². The molecule has 0 aliphatic rings. The van der Waals surface area contributed by atoms with Gasteiger partial charge in [0.1, 0.15) is 0 Å². The van der Waals surface area contributed by atoms with Crippen LogP contribution >= 0.6 is 0 Å². The van der Waals surface area contributed by atoms with Crippen molar-refractivity contribution in [2.75, 3.05) is 0 Å². The van der Waals surface area contributed by atoms with E-state index in [-0.39, 0.29) is 6.17 Å². The van der Waals surface area contributed by atoms with Crippen LogP contribution in [-0.2, 0) is 6.54 Å². The molecular formula is C60H44N4. The van der Waals surface area contributed by atoms with Gasteiger partial charge in [-0.2, -0.15) is 5.26 Å². The van der Waals surface area contributed by atoms with E-state index in [1.165, 1.54) is 81.7 Å². The molecule has 304 valence electrons. The minimum Gasteiger partial charge on any atom is -0.312 e. The molecule has 2 unspecified atom stereocenters. The molecule has 11 aromatic carbocycles. The first-order chi connectivity index (χ1) is 31.6. The Morgan fingerprint density at radius 2 is 1.06 bits per heavy atom. The Kier molecular flexibility index (Phi) is 10.2. The fourth-order valence-corrected chi connectivity index (χ4v) is 9.67. The van der Waals surface area contributed by atoms with Crippen LogP contribution in [0.5, 0.6) is 0 Å². The van der Waals surface area contributed by atoms with Gasteiger partial charge in [-0.05, 0) is 128 Å². The Morgan fingerprint density at radius 1 is 0.438 bits per heavy atom. The number of fused-ring (bicyclic) bond motifs is 6. The molecule has 4 N–H and O–H groups in total. The molecule has 0 radical (unpaired) electrons. The highest BCUT2D eigenvalue weighted by Gasteiger charge is 2.22. The molecule has 64 heavy (non-hydrogen) atoms. The summed E-state index contributed by atoms with van der Waals surface area (Å²) in [6, 6.07) is 80.0. The molecule has 0 aliphatic carbocycles. The van der Waals surface area contributed by atoms with Crippen molar-refractivity contribution in [3.63, 3.8) is 0 Å². The lowest BCUT2D eigenvalue weighted by atomic mass is 9.82. The number of hydrogen-bond acceptors (Lipinski definition) is 4. The molecule has 0 spiro atoms. The summed E-state index contributed by atoms with van der Waals surface area (Å²) in [6.45, 7) is 0.591. The van der Waals surface area contributed by atoms with Crippen LogP contribution in [0.15, 0.2) is 218 Å². The molecule has 2 atom stereocenters. The molecule has 0 heterocycles. The number of benzene rings is 11. The molecule has 11 rings (SSSR count). The third-order valence-electron chi connectivity index (χ3n) is 12.8. The molecule has 0 aromatic heterocycles. The summed E-state index contributed by atoms with van der Waals surface area (Å²) in [6.07, 6.45) is -0.692. The lowest BCUT2D eigenvalue weighted by Crippen LogP contribution is -2.39. The Morgan fingerprint density at radius 3 is 1.84 bits per heavy atom. The van der Waals surface area contributed by atoms with Gasteiger partial charge in [0.25, 0.3) is 0 Å². The quantitative estimate of drug-likeness (QED) is 0.0730. The molecule has 0 fully saturated rings. The van der Waals surface area contributed by atoms with Gasteiger partial charge < -0.3 is 5.73 Å². The molecule has 0 amide bonds. The van der Waals surface area contributed by atoms with Gasteiger partial charge >= 0.3 is 0 Å². The number of nitrogens with two attached hydrogens (primary N) is 1. The number of rotatable bonds is 10. The highest BCUT2D eigenvalue weighted by molar-refractivity contribution is 6.29. The smallest absolute Gasteiger partial charge is 0.0991 e. The minimum absolute atomic E-state index is 0.282. The van der Waals surface area contributed by atoms with E-state index in [0.717, 1.165) is 22.3 Å². The molecule has 4 nitrogen and oxygen atoms in total. The largest absolute Gasteiger partial charge is 0.312 e. The van der Waals surface area contributed by atoms with Crippen molar-refractivity contribution < 1.29 is 0 Å². The van der Waals surface area contributed by atoms with Crippen molar-refractivity contribution in [3.8, 4) is 39.4 Å². The molecule has 0 saturated heterocycles. The summed E-state index contributed by atoms with van der Waals surface area (Å²) in [5.74, 6) is 0. The highest BCUT2D eigenvalue weighted by Crippen LogP contribution is 2.48. The number of nitriles is 1. The van der Waals surface area contributed by atoms with Crippen LogP contribution in [-0.4, -0.2) is 0 Å². The molecule has 0 aliphatic heterocycles. The maximum Gasteiger partial charge on any atom is 0.0991 e. The van der Waals surface area contributed by atoms with Crippen molar-refractivity contribution in [3.05, 3.63) is 241 Å². The maximum atomic E-state index is 9.40. The van der Waals surface area contributed by atoms with E-state index >= 15 is 0 Å². The summed E-state index contributed by atoms with van der Waals surface area (Å²) >= 11 is 0. The average Bonchev–Trinajstić information content (AvgIpc) is 3.37. The van der Waals surface area contributed by atoms with Crippen LogP contribution in [0, 0.1) is 11.3 Å². The molecule has 0 bridgehead atoms. The monoisotopic (exact) mass is 820 g/mol. The van der Waals surface area contributed by atoms with Crippen molar-refractivity contribution in [1.82, 2.24) is 10.6 Å². The molecule has 11 aromatic rings. The zero-order chi connectivity index (χ0) is 43.0. The number of nitrogens with zero attached hydrogens (tertiary/aromatic N) is 1. The van der Waals surface area contributed by atoms with Gasteiger partial charge in [-0.25, -0.2) is 0 Å². The molecule has 0 saturated carbocycles. The zero-order valence-corrected chi connectivity index (χ0v) is 35.2. The van der Waals surface area contributed by atoms with Gasteiger partial charge in [0.15, 0.2) is 0 Å². The molecule has 4 heteroatoms. The topological polar surface area (TPSA) is 73.9 Å². The summed E-state index contributed by atoms with van der Waals surface area (Å²) in [5, 5.41) is 29.3. The van der Waals surface area contributed by atoms with E-state index in [2.05, 4.69) is 193 Å². The van der Waals surface area contributed by atoms with Crippen LogP contribution in [0.2, 0.25) is 0 Å². The second-order valence-electron chi connectivity index (χ2n) is 16.6. The first-order valence-electron chi connectivity index (χ1n) is 21.9. The second-order valence-corrected chi connectivity index (χ2v) is 16.6. The van der Waals surface area contributed by atoms with Crippen molar-refractivity contribution in [1.29, 1.82) is 5.26 Å². The van der Waals surface area contributed by atoms with Crippen molar-refractivity contribution in [2.24, 2.45) is 5.73 Å². The number of hydrogen-bond donors (Lipinski definition) is 3. The zero-order valence-electron chi connectivity index (χ0n) is 35.2. The number of nitrogens with one attached hydrogen (secondary N) is 2. The van der Waals surface area contributed by atoms with Crippen LogP contribution in [0.1, 0.15) is 34.6 Å². The minimum atomic E-state index is -0.411. The lowest BCUT2D eigenvalue weighted by Gasteiger charge is -2.26. The highest BCUT2D eigenvalue weighted by atomic mass is 15.2. The van der Waals surface area contributed by atoms with Gasteiger partial charge in [0.05, 0.1) is 24.0 Å². The van der Waals surface area contributed by atoms with E-state index < -0.39 is 6.17 Å². The standard InChI is InChI=1S/C60H44N4/c61-37-39-25-27-41(28-26-39)45-18-12-19-47(36-45)60(64-59(62)43-15-2-1-3-16-43)63-38-48-32-33-54(51-22-9-8-20-49(48)51)57-53-24-11-10-23-52(53)56(46-30-29-40-13-4-5-17-44(40)35-46)58-50-21-7-6-14-42(50)31-34-55(57)58/h1-36,59-60,63-64H,38,62H2. The predicted octanol–water partition coefficient (Wildman–Crippen LogP) is 14.4. The summed E-state index contributed by atoms with van der Waals surface area (Å²) in [4.78, 5) is 0. The summed E-state index contributed by atoms with van der Waals surface area (Å²) in [7, 11) is 0. The first-order valence-corrected chi connectivity index (χ1v) is 21.9. The second kappa shape index (κ2) is 16.8. The van der Waals surface area contributed by atoms with E-state index in [4.69, 9.17) is 5.73 Å². The fourth-order valence-electron chi connectivity index (χ4n) is 9.67. The van der Waals surface area contributed by atoms with Crippen molar-refractivity contribution in [2.45, 2.75) is 18.9 Å². The van der Waals surface area contributed by atoms with E-state index in [1.54, 1.807) is 0 Å². The third-order valence-corrected chi connectivity index (χ3v) is 12.8. The average molecular weight is 821 g/mol. The van der Waals surface area contributed by atoms with Crippen LogP contribution in [0.3, 0.4) is 0 Å². The maximum absolute atomic E-state index is 9.40. The summed E-state index contributed by atoms with van der Waals surface area (Å²) in [5.41, 5.74) is 17.8. The lowest BCUT2D eigenvalue weighted by molar-refractivity contribution is 0.386. The SMILES string of the molecule is N#Cc1ccc(-c2cccc(C(NCc3ccc(-c4c5ccccc5c(-c5ccc6ccccc6c5)c5c4ccc4ccccc45)c4ccccc34)NC(N)c3ccccc3)c2)cc1. The third kappa shape index (κ3) is 7.14. The van der Waals surface area contributed by atoms with Gasteiger partial charge in [-0.1, -0.05) is 194 Å². The Bertz CT molecular complexity index is 3570. The van der Waals surface area contributed by atoms with Gasteiger partial charge in [0.2, 0.25) is 0 Å². The van der Waals surface area contributed by atoms with Crippen LogP contribution in [0.25, 0.3) is 87.2 Å². The van der Waals surface area contributed by atoms with Gasteiger partial charge in [0, 0.05) is 6.54 Å².